The molecule has 0 radical (unpaired) electrons. The Balaban J connectivity index is 1.41. The Bertz CT molecular complexity index is 883. The standard InChI is InChI=1S/C16H23N9S/c1-11-8-21-13(26-11)4-5-19-16(17-2)20-7-6-18-14-12-9-24-25(3)15(12)23-10-22-14/h8-10H,4-7H2,1-3H3,(H2,17,19,20)(H,18,22,23). The van der Waals surface area contributed by atoms with E-state index < -0.39 is 0 Å². The van der Waals surface area contributed by atoms with Crippen LogP contribution < -0.4 is 16.0 Å². The van der Waals surface area contributed by atoms with Gasteiger partial charge in [0.15, 0.2) is 11.6 Å². The predicted molar refractivity (Wildman–Crippen MR) is 105 cm³/mol. The van der Waals surface area contributed by atoms with Crippen LogP contribution in [0.5, 0.6) is 0 Å². The Kier molecular flexibility index (Phi) is 5.95. The number of thiazole rings is 1. The lowest BCUT2D eigenvalue weighted by Crippen LogP contribution is -2.40. The van der Waals surface area contributed by atoms with Crippen molar-refractivity contribution in [1.82, 2.24) is 35.4 Å². The minimum atomic E-state index is 0.702. The second kappa shape index (κ2) is 8.56. The van der Waals surface area contributed by atoms with Crippen LogP contribution in [0.25, 0.3) is 11.0 Å². The summed E-state index contributed by atoms with van der Waals surface area (Å²) in [6.45, 7) is 4.27. The molecule has 0 aliphatic heterocycles. The van der Waals surface area contributed by atoms with Crippen LogP contribution in [0.2, 0.25) is 0 Å². The van der Waals surface area contributed by atoms with E-state index in [2.05, 4.69) is 47.9 Å². The third-order valence-corrected chi connectivity index (χ3v) is 4.74. The van der Waals surface area contributed by atoms with E-state index in [-0.39, 0.29) is 0 Å². The lowest BCUT2D eigenvalue weighted by molar-refractivity contribution is 0.785. The highest BCUT2D eigenvalue weighted by atomic mass is 32.1. The van der Waals surface area contributed by atoms with Crippen LogP contribution in [0.3, 0.4) is 0 Å². The van der Waals surface area contributed by atoms with Gasteiger partial charge < -0.3 is 16.0 Å². The second-order valence-corrected chi connectivity index (χ2v) is 7.01. The summed E-state index contributed by atoms with van der Waals surface area (Å²) in [7, 11) is 3.63. The summed E-state index contributed by atoms with van der Waals surface area (Å²) < 4.78 is 1.73. The van der Waals surface area contributed by atoms with Crippen molar-refractivity contribution in [3.63, 3.8) is 0 Å². The topological polar surface area (TPSA) is 105 Å². The fourth-order valence-electron chi connectivity index (χ4n) is 2.49. The quantitative estimate of drug-likeness (QED) is 0.322. The van der Waals surface area contributed by atoms with Gasteiger partial charge in [-0.2, -0.15) is 5.10 Å². The van der Waals surface area contributed by atoms with Gasteiger partial charge in [-0.1, -0.05) is 0 Å². The first-order chi connectivity index (χ1) is 12.7. The number of fused-ring (bicyclic) bond motifs is 1. The Labute approximate surface area is 156 Å². The average molecular weight is 373 g/mol. The number of aryl methyl sites for hydroxylation is 2. The smallest absolute Gasteiger partial charge is 0.191 e. The van der Waals surface area contributed by atoms with E-state index in [0.29, 0.717) is 13.1 Å². The summed E-state index contributed by atoms with van der Waals surface area (Å²) in [5.41, 5.74) is 0.811. The molecule has 0 aliphatic carbocycles. The van der Waals surface area contributed by atoms with E-state index in [0.717, 1.165) is 40.8 Å². The van der Waals surface area contributed by atoms with Gasteiger partial charge in [0.25, 0.3) is 0 Å². The molecular formula is C16H23N9S. The third-order valence-electron chi connectivity index (χ3n) is 3.76. The van der Waals surface area contributed by atoms with E-state index in [9.17, 15) is 0 Å². The second-order valence-electron chi connectivity index (χ2n) is 5.69. The van der Waals surface area contributed by atoms with E-state index >= 15 is 0 Å². The predicted octanol–water partition coefficient (Wildman–Crippen LogP) is 0.948. The monoisotopic (exact) mass is 373 g/mol. The lowest BCUT2D eigenvalue weighted by atomic mass is 10.4. The molecule has 10 heteroatoms. The van der Waals surface area contributed by atoms with Crippen molar-refractivity contribution in [1.29, 1.82) is 0 Å². The SMILES string of the molecule is CN=C(NCCNc1ncnc2c1cnn2C)NCCc1ncc(C)s1. The number of hydrogen-bond acceptors (Lipinski definition) is 7. The van der Waals surface area contributed by atoms with Crippen molar-refractivity contribution >= 4 is 34.1 Å². The third kappa shape index (κ3) is 4.45. The molecule has 3 heterocycles. The highest BCUT2D eigenvalue weighted by Gasteiger charge is 2.07. The molecule has 0 aromatic carbocycles. The minimum absolute atomic E-state index is 0.702. The first kappa shape index (κ1) is 18.1. The minimum Gasteiger partial charge on any atom is -0.368 e. The summed E-state index contributed by atoms with van der Waals surface area (Å²) in [5.74, 6) is 1.56. The number of aliphatic imine (C=N–C) groups is 1. The Morgan fingerprint density at radius 3 is 2.77 bits per heavy atom. The molecule has 9 nitrogen and oxygen atoms in total. The first-order valence-electron chi connectivity index (χ1n) is 8.40. The molecule has 0 atom stereocenters. The van der Waals surface area contributed by atoms with Crippen LogP contribution in [-0.4, -0.2) is 57.4 Å². The zero-order chi connectivity index (χ0) is 18.4. The molecule has 3 rings (SSSR count). The summed E-state index contributed by atoms with van der Waals surface area (Å²) in [6.07, 6.45) is 6.11. The van der Waals surface area contributed by atoms with Gasteiger partial charge >= 0.3 is 0 Å². The normalized spacial score (nSPS) is 11.7. The zero-order valence-electron chi connectivity index (χ0n) is 15.2. The van der Waals surface area contributed by atoms with Gasteiger partial charge in [-0.05, 0) is 6.92 Å². The van der Waals surface area contributed by atoms with Crippen LogP contribution in [0.4, 0.5) is 5.82 Å². The molecule has 0 fully saturated rings. The number of nitrogens with zero attached hydrogens (tertiary/aromatic N) is 6. The first-order valence-corrected chi connectivity index (χ1v) is 9.21. The molecule has 0 aliphatic rings. The van der Waals surface area contributed by atoms with Crippen LogP contribution in [0.1, 0.15) is 9.88 Å². The van der Waals surface area contributed by atoms with Crippen molar-refractivity contribution in [3.8, 4) is 0 Å². The largest absolute Gasteiger partial charge is 0.368 e. The molecular weight excluding hydrogens is 350 g/mol. The molecule has 0 saturated carbocycles. The molecule has 26 heavy (non-hydrogen) atoms. The van der Waals surface area contributed by atoms with E-state index in [1.807, 2.05) is 13.2 Å². The summed E-state index contributed by atoms with van der Waals surface area (Å²) in [4.78, 5) is 18.4. The number of hydrogen-bond donors (Lipinski definition) is 3. The summed E-state index contributed by atoms with van der Waals surface area (Å²) >= 11 is 1.73. The van der Waals surface area contributed by atoms with Crippen molar-refractivity contribution in [3.05, 3.63) is 28.6 Å². The Morgan fingerprint density at radius 1 is 1.15 bits per heavy atom. The summed E-state index contributed by atoms with van der Waals surface area (Å²) in [5, 5.41) is 16.1. The molecule has 0 saturated heterocycles. The molecule has 0 unspecified atom stereocenters. The van der Waals surface area contributed by atoms with Gasteiger partial charge in [-0.3, -0.25) is 9.67 Å². The maximum Gasteiger partial charge on any atom is 0.191 e. The molecule has 0 bridgehead atoms. The molecule has 3 aromatic rings. The molecule has 0 amide bonds. The van der Waals surface area contributed by atoms with E-state index in [1.165, 1.54) is 4.88 Å². The highest BCUT2D eigenvalue weighted by molar-refractivity contribution is 7.11. The van der Waals surface area contributed by atoms with Crippen LogP contribution >= 0.6 is 11.3 Å². The van der Waals surface area contributed by atoms with Gasteiger partial charge in [0.2, 0.25) is 0 Å². The Morgan fingerprint density at radius 2 is 2.00 bits per heavy atom. The molecule has 3 N–H and O–H groups in total. The zero-order valence-corrected chi connectivity index (χ0v) is 16.0. The molecule has 0 spiro atoms. The Hall–Kier alpha value is -2.75. The number of anilines is 1. The lowest BCUT2D eigenvalue weighted by Gasteiger charge is -2.12. The van der Waals surface area contributed by atoms with Gasteiger partial charge in [-0.15, -0.1) is 11.3 Å². The number of aromatic nitrogens is 5. The van der Waals surface area contributed by atoms with Crippen LogP contribution in [-0.2, 0) is 13.5 Å². The van der Waals surface area contributed by atoms with Gasteiger partial charge in [0.05, 0.1) is 16.6 Å². The van der Waals surface area contributed by atoms with Crippen molar-refractivity contribution in [2.75, 3.05) is 32.0 Å². The average Bonchev–Trinajstić information content (AvgIpc) is 3.23. The van der Waals surface area contributed by atoms with Crippen molar-refractivity contribution in [2.24, 2.45) is 12.0 Å². The van der Waals surface area contributed by atoms with Crippen LogP contribution in [0, 0.1) is 6.92 Å². The summed E-state index contributed by atoms with van der Waals surface area (Å²) in [6, 6.07) is 0. The van der Waals surface area contributed by atoms with Gasteiger partial charge in [0.1, 0.15) is 12.1 Å². The molecule has 3 aromatic heterocycles. The van der Waals surface area contributed by atoms with E-state index in [4.69, 9.17) is 0 Å². The van der Waals surface area contributed by atoms with Gasteiger partial charge in [-0.25, -0.2) is 15.0 Å². The van der Waals surface area contributed by atoms with Crippen molar-refractivity contribution in [2.45, 2.75) is 13.3 Å². The maximum absolute atomic E-state index is 4.36. The number of nitrogens with one attached hydrogen (secondary N) is 3. The highest BCUT2D eigenvalue weighted by Crippen LogP contribution is 2.17. The van der Waals surface area contributed by atoms with E-state index in [1.54, 1.807) is 35.6 Å². The maximum atomic E-state index is 4.36. The van der Waals surface area contributed by atoms with Crippen molar-refractivity contribution < 1.29 is 0 Å². The number of guanidine groups is 1. The fourth-order valence-corrected chi connectivity index (χ4v) is 3.28. The molecule has 138 valence electrons. The number of rotatable bonds is 7. The van der Waals surface area contributed by atoms with Gasteiger partial charge in [0, 0.05) is 51.2 Å². The fraction of sp³-hybridized carbons (Fsp3) is 0.438. The van der Waals surface area contributed by atoms with Crippen LogP contribution in [0.15, 0.2) is 23.7 Å².